The summed E-state index contributed by atoms with van der Waals surface area (Å²) in [5.74, 6) is -1.75. The number of ether oxygens (including phenoxy) is 2. The van der Waals surface area contributed by atoms with Crippen molar-refractivity contribution in [2.45, 2.75) is 19.9 Å². The van der Waals surface area contributed by atoms with Crippen LogP contribution in [0.25, 0.3) is 16.0 Å². The zero-order chi connectivity index (χ0) is 27.0. The smallest absolute Gasteiger partial charge is 0.337 e. The van der Waals surface area contributed by atoms with Gasteiger partial charge in [0.15, 0.2) is 5.13 Å². The van der Waals surface area contributed by atoms with Crippen molar-refractivity contribution in [1.29, 1.82) is 0 Å². The second kappa shape index (κ2) is 10.1. The van der Waals surface area contributed by atoms with Crippen LogP contribution in [0.15, 0.2) is 72.3 Å². The van der Waals surface area contributed by atoms with Crippen molar-refractivity contribution in [1.82, 2.24) is 4.98 Å². The average Bonchev–Trinajstić information content (AvgIpc) is 3.46. The van der Waals surface area contributed by atoms with Gasteiger partial charge in [-0.25, -0.2) is 9.78 Å². The van der Waals surface area contributed by atoms with Crippen LogP contribution in [-0.2, 0) is 14.3 Å². The summed E-state index contributed by atoms with van der Waals surface area (Å²) in [6.07, 6.45) is 0. The topological polar surface area (TPSA) is 106 Å². The number of anilines is 1. The first kappa shape index (κ1) is 25.2. The standard InChI is InChI=1S/C29H24N2O6S/c1-4-37-20-13-14-21-22(15-20)38-29(30-21)31-24(17-9-11-19(12-10-17)28(35)36-3)23(26(33)27(31)34)25(32)18-7-5-16(2)6-8-18/h5-15,24,32H,4H2,1-3H3/b25-23+/t24-/m1/s1. The Morgan fingerprint density at radius 3 is 2.37 bits per heavy atom. The maximum atomic E-state index is 13.5. The summed E-state index contributed by atoms with van der Waals surface area (Å²) in [5, 5.41) is 11.6. The molecule has 1 saturated heterocycles. The molecule has 1 N–H and O–H groups in total. The zero-order valence-corrected chi connectivity index (χ0v) is 21.7. The Balaban J connectivity index is 1.68. The van der Waals surface area contributed by atoms with Gasteiger partial charge in [-0.2, -0.15) is 0 Å². The number of rotatable bonds is 6. The molecule has 1 aliphatic rings. The first-order valence-corrected chi connectivity index (χ1v) is 12.7. The number of Topliss-reactive ketones (excluding diaryl/α,β-unsaturated/α-hetero) is 1. The number of carbonyl (C=O) groups excluding carboxylic acids is 3. The highest BCUT2D eigenvalue weighted by atomic mass is 32.1. The molecular weight excluding hydrogens is 504 g/mol. The number of aliphatic hydroxyl groups excluding tert-OH is 1. The number of fused-ring (bicyclic) bond motifs is 1. The molecule has 5 rings (SSSR count). The Morgan fingerprint density at radius 1 is 1.03 bits per heavy atom. The van der Waals surface area contributed by atoms with E-state index in [0.717, 1.165) is 10.3 Å². The number of hydrogen-bond donors (Lipinski definition) is 1. The van der Waals surface area contributed by atoms with Crippen LogP contribution in [0, 0.1) is 6.92 Å². The molecule has 1 fully saturated rings. The largest absolute Gasteiger partial charge is 0.507 e. The van der Waals surface area contributed by atoms with Crippen LogP contribution in [-0.4, -0.2) is 41.5 Å². The highest BCUT2D eigenvalue weighted by Gasteiger charge is 2.48. The second-order valence-corrected chi connectivity index (χ2v) is 9.72. The van der Waals surface area contributed by atoms with Crippen LogP contribution in [0.4, 0.5) is 5.13 Å². The quantitative estimate of drug-likeness (QED) is 0.154. The molecule has 0 spiro atoms. The molecule has 38 heavy (non-hydrogen) atoms. The van der Waals surface area contributed by atoms with E-state index >= 15 is 0 Å². The minimum Gasteiger partial charge on any atom is -0.507 e. The lowest BCUT2D eigenvalue weighted by Crippen LogP contribution is -2.29. The molecule has 0 unspecified atom stereocenters. The van der Waals surface area contributed by atoms with Crippen LogP contribution in [0.5, 0.6) is 5.75 Å². The number of thiazole rings is 1. The van der Waals surface area contributed by atoms with Gasteiger partial charge in [0, 0.05) is 5.56 Å². The van der Waals surface area contributed by atoms with Gasteiger partial charge in [-0.3, -0.25) is 14.5 Å². The number of nitrogens with zero attached hydrogens (tertiary/aromatic N) is 2. The lowest BCUT2D eigenvalue weighted by molar-refractivity contribution is -0.132. The monoisotopic (exact) mass is 528 g/mol. The molecule has 4 aromatic rings. The number of esters is 1. The van der Waals surface area contributed by atoms with Crippen LogP contribution < -0.4 is 9.64 Å². The molecule has 2 heterocycles. The lowest BCUT2D eigenvalue weighted by atomic mass is 9.94. The molecule has 1 atom stereocenters. The van der Waals surface area contributed by atoms with Crippen molar-refractivity contribution in [2.75, 3.05) is 18.6 Å². The minimum atomic E-state index is -0.963. The third kappa shape index (κ3) is 4.41. The maximum absolute atomic E-state index is 13.5. The predicted octanol–water partition coefficient (Wildman–Crippen LogP) is 5.42. The van der Waals surface area contributed by atoms with Gasteiger partial charge < -0.3 is 14.6 Å². The number of amides is 1. The Morgan fingerprint density at radius 2 is 1.71 bits per heavy atom. The van der Waals surface area contributed by atoms with Crippen LogP contribution in [0.1, 0.15) is 40.0 Å². The van der Waals surface area contributed by atoms with Crippen LogP contribution >= 0.6 is 11.3 Å². The third-order valence-electron chi connectivity index (χ3n) is 6.28. The molecule has 0 aliphatic carbocycles. The van der Waals surface area contributed by atoms with E-state index in [1.54, 1.807) is 48.5 Å². The van der Waals surface area contributed by atoms with Crippen molar-refractivity contribution in [2.24, 2.45) is 0 Å². The van der Waals surface area contributed by atoms with Gasteiger partial charge >= 0.3 is 11.9 Å². The zero-order valence-electron chi connectivity index (χ0n) is 20.9. The van der Waals surface area contributed by atoms with E-state index in [4.69, 9.17) is 9.47 Å². The molecule has 1 aromatic heterocycles. The summed E-state index contributed by atoms with van der Waals surface area (Å²) in [4.78, 5) is 44.8. The summed E-state index contributed by atoms with van der Waals surface area (Å²) in [7, 11) is 1.29. The molecular formula is C29H24N2O6S. The predicted molar refractivity (Wildman–Crippen MR) is 145 cm³/mol. The molecule has 8 nitrogen and oxygen atoms in total. The number of ketones is 1. The maximum Gasteiger partial charge on any atom is 0.337 e. The van der Waals surface area contributed by atoms with E-state index in [2.05, 4.69) is 4.98 Å². The fourth-order valence-electron chi connectivity index (χ4n) is 4.38. The fraction of sp³-hybridized carbons (Fsp3) is 0.172. The summed E-state index contributed by atoms with van der Waals surface area (Å²) in [6, 6.07) is 17.9. The molecule has 1 amide bonds. The average molecular weight is 529 g/mol. The fourth-order valence-corrected chi connectivity index (χ4v) is 5.40. The number of aliphatic hydroxyl groups is 1. The highest BCUT2D eigenvalue weighted by Crippen LogP contribution is 2.44. The molecule has 3 aromatic carbocycles. The molecule has 0 radical (unpaired) electrons. The summed E-state index contributed by atoms with van der Waals surface area (Å²) in [6.45, 7) is 4.31. The highest BCUT2D eigenvalue weighted by molar-refractivity contribution is 7.22. The molecule has 0 bridgehead atoms. The van der Waals surface area contributed by atoms with Crippen molar-refractivity contribution in [3.8, 4) is 5.75 Å². The summed E-state index contributed by atoms with van der Waals surface area (Å²) in [5.41, 5.74) is 2.83. The van der Waals surface area contributed by atoms with Gasteiger partial charge in [0.05, 0.1) is 41.1 Å². The van der Waals surface area contributed by atoms with E-state index in [0.29, 0.717) is 39.7 Å². The van der Waals surface area contributed by atoms with E-state index in [1.165, 1.54) is 23.3 Å². The first-order chi connectivity index (χ1) is 18.3. The van der Waals surface area contributed by atoms with Gasteiger partial charge in [0.1, 0.15) is 11.5 Å². The second-order valence-electron chi connectivity index (χ2n) is 8.71. The van der Waals surface area contributed by atoms with Gasteiger partial charge in [-0.1, -0.05) is 53.3 Å². The lowest BCUT2D eigenvalue weighted by Gasteiger charge is -2.23. The van der Waals surface area contributed by atoms with Crippen molar-refractivity contribution in [3.63, 3.8) is 0 Å². The van der Waals surface area contributed by atoms with Gasteiger partial charge in [-0.15, -0.1) is 0 Å². The van der Waals surface area contributed by atoms with Crippen molar-refractivity contribution < 1.29 is 29.0 Å². The Bertz CT molecular complexity index is 1590. The first-order valence-electron chi connectivity index (χ1n) is 11.9. The summed E-state index contributed by atoms with van der Waals surface area (Å²) >= 11 is 1.25. The van der Waals surface area contributed by atoms with E-state index in [9.17, 15) is 19.5 Å². The number of aromatic nitrogens is 1. The van der Waals surface area contributed by atoms with Gasteiger partial charge in [0.25, 0.3) is 5.78 Å². The number of carbonyl (C=O) groups is 3. The molecule has 1 aliphatic heterocycles. The van der Waals surface area contributed by atoms with Crippen LogP contribution in [0.2, 0.25) is 0 Å². The van der Waals surface area contributed by atoms with E-state index in [1.807, 2.05) is 32.0 Å². The van der Waals surface area contributed by atoms with Gasteiger partial charge in [-0.05, 0) is 49.7 Å². The minimum absolute atomic E-state index is 0.0565. The van der Waals surface area contributed by atoms with Crippen molar-refractivity contribution in [3.05, 3.63) is 94.6 Å². The van der Waals surface area contributed by atoms with E-state index < -0.39 is 23.7 Å². The number of aryl methyl sites for hydroxylation is 1. The normalized spacial score (nSPS) is 16.7. The SMILES string of the molecule is CCOc1ccc2nc(N3C(=O)C(=O)/C(=C(/O)c4ccc(C)cc4)[C@H]3c3ccc(C(=O)OC)cc3)sc2c1. The molecule has 9 heteroatoms. The number of methoxy groups -OCH3 is 1. The number of benzene rings is 3. The third-order valence-corrected chi connectivity index (χ3v) is 7.30. The Labute approximate surface area is 222 Å². The van der Waals surface area contributed by atoms with Gasteiger partial charge in [0.2, 0.25) is 0 Å². The van der Waals surface area contributed by atoms with E-state index in [-0.39, 0.29) is 11.3 Å². The summed E-state index contributed by atoms with van der Waals surface area (Å²) < 4.78 is 11.2. The van der Waals surface area contributed by atoms with Crippen LogP contribution in [0.3, 0.4) is 0 Å². The Hall–Kier alpha value is -4.50. The van der Waals surface area contributed by atoms with Crippen molar-refractivity contribution >= 4 is 50.1 Å². The molecule has 0 saturated carbocycles. The molecule has 192 valence electrons. The Kier molecular flexibility index (Phi) is 6.69. The number of hydrogen-bond acceptors (Lipinski definition) is 8.